The number of nitrogens with one attached hydrogen (secondary N) is 2. The molecule has 1 aromatic carbocycles. The van der Waals surface area contributed by atoms with E-state index in [-0.39, 0.29) is 18.0 Å². The molecule has 6 nitrogen and oxygen atoms in total. The summed E-state index contributed by atoms with van der Waals surface area (Å²) < 4.78 is 0. The topological polar surface area (TPSA) is 64.7 Å². The average molecular weight is 353 g/mol. The van der Waals surface area contributed by atoms with Crippen LogP contribution in [0.1, 0.15) is 19.3 Å². The molecule has 1 aromatic rings. The number of carbonyl (C=O) groups is 2. The predicted octanol–water partition coefficient (Wildman–Crippen LogP) is 2.40. The second kappa shape index (κ2) is 8.89. The van der Waals surface area contributed by atoms with Crippen LogP contribution in [0.25, 0.3) is 0 Å². The highest BCUT2D eigenvalue weighted by molar-refractivity contribution is 6.30. The monoisotopic (exact) mass is 352 g/mol. The summed E-state index contributed by atoms with van der Waals surface area (Å²) in [5, 5.41) is 6.16. The number of amides is 3. The van der Waals surface area contributed by atoms with Gasteiger partial charge < -0.3 is 20.4 Å². The van der Waals surface area contributed by atoms with Gasteiger partial charge in [0.05, 0.1) is 0 Å². The molecule has 1 unspecified atom stereocenters. The molecule has 132 valence electrons. The van der Waals surface area contributed by atoms with Gasteiger partial charge in [-0.25, -0.2) is 4.79 Å². The lowest BCUT2D eigenvalue weighted by Gasteiger charge is -2.26. The summed E-state index contributed by atoms with van der Waals surface area (Å²) >= 11 is 5.89. The Morgan fingerprint density at radius 2 is 2.21 bits per heavy atom. The van der Waals surface area contributed by atoms with Crippen LogP contribution in [0, 0.1) is 0 Å². The molecule has 1 saturated heterocycles. The van der Waals surface area contributed by atoms with Crippen LogP contribution >= 0.6 is 11.6 Å². The summed E-state index contributed by atoms with van der Waals surface area (Å²) in [6, 6.07) is 6.96. The second-order valence-electron chi connectivity index (χ2n) is 6.26. The van der Waals surface area contributed by atoms with Gasteiger partial charge in [-0.1, -0.05) is 17.7 Å². The zero-order valence-corrected chi connectivity index (χ0v) is 15.0. The molecular formula is C17H25ClN4O2. The molecule has 7 heteroatoms. The SMILES string of the molecule is CN(C)CCN1C(=O)CCC1CCNC(=O)Nc1cccc(Cl)c1. The van der Waals surface area contributed by atoms with Crippen molar-refractivity contribution in [3.05, 3.63) is 29.3 Å². The minimum absolute atomic E-state index is 0.212. The first-order valence-electron chi connectivity index (χ1n) is 8.20. The Morgan fingerprint density at radius 3 is 2.92 bits per heavy atom. The van der Waals surface area contributed by atoms with Gasteiger partial charge in [0.15, 0.2) is 0 Å². The fraction of sp³-hybridized carbons (Fsp3) is 0.529. The Morgan fingerprint density at radius 1 is 1.42 bits per heavy atom. The summed E-state index contributed by atoms with van der Waals surface area (Å²) in [6.07, 6.45) is 2.23. The van der Waals surface area contributed by atoms with Crippen LogP contribution in [0.3, 0.4) is 0 Å². The van der Waals surface area contributed by atoms with Crippen molar-refractivity contribution < 1.29 is 9.59 Å². The normalized spacial score (nSPS) is 17.4. The molecule has 0 saturated carbocycles. The van der Waals surface area contributed by atoms with Gasteiger partial charge in [0, 0.05) is 42.8 Å². The first kappa shape index (κ1) is 18.5. The van der Waals surface area contributed by atoms with E-state index in [4.69, 9.17) is 11.6 Å². The second-order valence-corrected chi connectivity index (χ2v) is 6.70. The lowest BCUT2D eigenvalue weighted by Crippen LogP contribution is -2.40. The standard InChI is InChI=1S/C17H25ClN4O2/c1-21(2)10-11-22-15(6-7-16(22)23)8-9-19-17(24)20-14-5-3-4-13(18)12-14/h3-5,12,15H,6-11H2,1-2H3,(H2,19,20,24). The van der Waals surface area contributed by atoms with E-state index < -0.39 is 0 Å². The first-order valence-corrected chi connectivity index (χ1v) is 8.58. The number of halogens is 1. The van der Waals surface area contributed by atoms with E-state index in [9.17, 15) is 9.59 Å². The van der Waals surface area contributed by atoms with E-state index in [1.165, 1.54) is 0 Å². The largest absolute Gasteiger partial charge is 0.338 e. The number of hydrogen-bond donors (Lipinski definition) is 2. The molecular weight excluding hydrogens is 328 g/mol. The maximum absolute atomic E-state index is 12.0. The third-order valence-electron chi connectivity index (χ3n) is 4.09. The Labute approximate surface area is 148 Å². The van der Waals surface area contributed by atoms with E-state index in [0.29, 0.717) is 23.7 Å². The van der Waals surface area contributed by atoms with E-state index in [1.54, 1.807) is 24.3 Å². The van der Waals surface area contributed by atoms with Crippen LogP contribution in [-0.2, 0) is 4.79 Å². The van der Waals surface area contributed by atoms with E-state index in [0.717, 1.165) is 25.9 Å². The number of anilines is 1. The van der Waals surface area contributed by atoms with E-state index in [1.807, 2.05) is 19.0 Å². The number of nitrogens with zero attached hydrogens (tertiary/aromatic N) is 2. The minimum Gasteiger partial charge on any atom is -0.338 e. The molecule has 0 aliphatic carbocycles. The van der Waals surface area contributed by atoms with E-state index in [2.05, 4.69) is 15.5 Å². The lowest BCUT2D eigenvalue weighted by atomic mass is 10.1. The highest BCUT2D eigenvalue weighted by Gasteiger charge is 2.30. The fourth-order valence-electron chi connectivity index (χ4n) is 2.80. The molecule has 1 aliphatic heterocycles. The molecule has 2 N–H and O–H groups in total. The number of hydrogen-bond acceptors (Lipinski definition) is 3. The van der Waals surface area contributed by atoms with Gasteiger partial charge in [-0.3, -0.25) is 4.79 Å². The Bertz CT molecular complexity index is 579. The van der Waals surface area contributed by atoms with Gasteiger partial charge in [0.2, 0.25) is 5.91 Å². The predicted molar refractivity (Wildman–Crippen MR) is 96.4 cm³/mol. The summed E-state index contributed by atoms with van der Waals surface area (Å²) in [7, 11) is 3.99. The van der Waals surface area contributed by atoms with Gasteiger partial charge in [-0.05, 0) is 45.1 Å². The molecule has 0 radical (unpaired) electrons. The molecule has 24 heavy (non-hydrogen) atoms. The number of rotatable bonds is 7. The van der Waals surface area contributed by atoms with Crippen LogP contribution < -0.4 is 10.6 Å². The smallest absolute Gasteiger partial charge is 0.319 e. The van der Waals surface area contributed by atoms with Crippen LogP contribution in [0.15, 0.2) is 24.3 Å². The molecule has 0 aromatic heterocycles. The quantitative estimate of drug-likeness (QED) is 0.792. The van der Waals surface area contributed by atoms with Gasteiger partial charge >= 0.3 is 6.03 Å². The maximum atomic E-state index is 12.0. The Kier molecular flexibility index (Phi) is 6.87. The molecule has 2 rings (SSSR count). The molecule has 1 heterocycles. The third kappa shape index (κ3) is 5.69. The van der Waals surface area contributed by atoms with Crippen molar-refractivity contribution in [3.8, 4) is 0 Å². The van der Waals surface area contributed by atoms with Crippen molar-refractivity contribution in [2.75, 3.05) is 39.0 Å². The summed E-state index contributed by atoms with van der Waals surface area (Å²) in [5.41, 5.74) is 0.656. The van der Waals surface area contributed by atoms with Crippen molar-refractivity contribution in [2.24, 2.45) is 0 Å². The highest BCUT2D eigenvalue weighted by atomic mass is 35.5. The van der Waals surface area contributed by atoms with Crippen LogP contribution in [0.2, 0.25) is 5.02 Å². The fourth-order valence-corrected chi connectivity index (χ4v) is 2.99. The molecule has 1 fully saturated rings. The molecule has 1 aliphatic rings. The summed E-state index contributed by atoms with van der Waals surface area (Å²) in [6.45, 7) is 2.12. The zero-order valence-electron chi connectivity index (χ0n) is 14.2. The maximum Gasteiger partial charge on any atom is 0.319 e. The van der Waals surface area contributed by atoms with Gasteiger partial charge in [-0.15, -0.1) is 0 Å². The Balaban J connectivity index is 1.74. The van der Waals surface area contributed by atoms with E-state index >= 15 is 0 Å². The Hall–Kier alpha value is -1.79. The number of urea groups is 1. The number of carbonyl (C=O) groups excluding carboxylic acids is 2. The van der Waals surface area contributed by atoms with Crippen molar-refractivity contribution >= 4 is 29.2 Å². The minimum atomic E-state index is -0.263. The van der Waals surface area contributed by atoms with Crippen molar-refractivity contribution in [3.63, 3.8) is 0 Å². The van der Waals surface area contributed by atoms with Crippen LogP contribution in [0.4, 0.5) is 10.5 Å². The van der Waals surface area contributed by atoms with Crippen molar-refractivity contribution in [1.29, 1.82) is 0 Å². The molecule has 0 spiro atoms. The molecule has 1 atom stereocenters. The summed E-state index contributed by atoms with van der Waals surface area (Å²) in [5.74, 6) is 0.213. The number of benzene rings is 1. The molecule has 0 bridgehead atoms. The summed E-state index contributed by atoms with van der Waals surface area (Å²) in [4.78, 5) is 27.9. The third-order valence-corrected chi connectivity index (χ3v) is 4.32. The van der Waals surface area contributed by atoms with Crippen LogP contribution in [0.5, 0.6) is 0 Å². The highest BCUT2D eigenvalue weighted by Crippen LogP contribution is 2.20. The number of likely N-dealkylation sites (tertiary alicyclic amines) is 1. The first-order chi connectivity index (χ1) is 11.5. The van der Waals surface area contributed by atoms with Gasteiger partial charge in [0.25, 0.3) is 0 Å². The average Bonchev–Trinajstić information content (AvgIpc) is 2.85. The van der Waals surface area contributed by atoms with Gasteiger partial charge in [-0.2, -0.15) is 0 Å². The zero-order chi connectivity index (χ0) is 17.5. The molecule has 3 amide bonds. The van der Waals surface area contributed by atoms with Gasteiger partial charge in [0.1, 0.15) is 0 Å². The number of likely N-dealkylation sites (N-methyl/N-ethyl adjacent to an activating group) is 1. The lowest BCUT2D eigenvalue weighted by molar-refractivity contribution is -0.129. The van der Waals surface area contributed by atoms with Crippen molar-refractivity contribution in [2.45, 2.75) is 25.3 Å². The van der Waals surface area contributed by atoms with Crippen molar-refractivity contribution in [1.82, 2.24) is 15.1 Å². The van der Waals surface area contributed by atoms with Crippen LogP contribution in [-0.4, -0.2) is 61.5 Å².